The Hall–Kier alpha value is -3.32. The van der Waals surface area contributed by atoms with E-state index in [0.717, 1.165) is 109 Å². The van der Waals surface area contributed by atoms with Gasteiger partial charge >= 0.3 is 23.9 Å². The van der Waals surface area contributed by atoms with E-state index < -0.39 is 67.3 Å². The van der Waals surface area contributed by atoms with Crippen LogP contribution in [0.15, 0.2) is 48.6 Å². The van der Waals surface area contributed by atoms with Gasteiger partial charge in [-0.25, -0.2) is 4.79 Å². The molecule has 0 saturated carbocycles. The molecule has 12 nitrogen and oxygen atoms in total. The normalized spacial score (nSPS) is 18.4. The van der Waals surface area contributed by atoms with Gasteiger partial charge in [-0.1, -0.05) is 223 Å². The van der Waals surface area contributed by atoms with Gasteiger partial charge < -0.3 is 39.0 Å². The lowest BCUT2D eigenvalue weighted by Gasteiger charge is -2.40. The summed E-state index contributed by atoms with van der Waals surface area (Å²) in [7, 11) is 0. The van der Waals surface area contributed by atoms with Crippen LogP contribution < -0.4 is 0 Å². The first-order valence-corrected chi connectivity index (χ1v) is 30.6. The molecule has 0 amide bonds. The smallest absolute Gasteiger partial charge is 0.335 e. The summed E-state index contributed by atoms with van der Waals surface area (Å²) in [6.45, 7) is 5.95. The molecule has 1 rings (SSSR count). The van der Waals surface area contributed by atoms with Gasteiger partial charge in [-0.3, -0.25) is 14.4 Å². The van der Waals surface area contributed by atoms with Gasteiger partial charge in [0.2, 0.25) is 0 Å². The second-order valence-electron chi connectivity index (χ2n) is 21.0. The van der Waals surface area contributed by atoms with Crippen molar-refractivity contribution in [2.24, 2.45) is 0 Å². The summed E-state index contributed by atoms with van der Waals surface area (Å²) in [5, 5.41) is 31.5. The molecular weight excluding hydrogens is 949 g/mol. The molecule has 1 saturated heterocycles. The van der Waals surface area contributed by atoms with Crippen LogP contribution >= 0.6 is 0 Å². The molecule has 0 bridgehead atoms. The third kappa shape index (κ3) is 41.5. The zero-order chi connectivity index (χ0) is 54.7. The number of carboxylic acids is 1. The predicted octanol–water partition coefficient (Wildman–Crippen LogP) is 15.8. The Morgan fingerprint density at radius 1 is 0.440 bits per heavy atom. The average Bonchev–Trinajstić information content (AvgIpc) is 3.39. The molecule has 12 heteroatoms. The number of hydrogen-bond donors (Lipinski definition) is 3. The molecule has 6 unspecified atom stereocenters. The predicted molar refractivity (Wildman–Crippen MR) is 303 cm³/mol. The number of rotatable bonds is 52. The van der Waals surface area contributed by atoms with Crippen molar-refractivity contribution < 1.29 is 58.2 Å². The van der Waals surface area contributed by atoms with Crippen molar-refractivity contribution in [3.05, 3.63) is 48.6 Å². The third-order valence-electron chi connectivity index (χ3n) is 13.9. The second-order valence-corrected chi connectivity index (χ2v) is 21.0. The lowest BCUT2D eigenvalue weighted by molar-refractivity contribution is -0.301. The van der Waals surface area contributed by atoms with Crippen LogP contribution in [0, 0.1) is 0 Å². The maximum atomic E-state index is 13.1. The summed E-state index contributed by atoms with van der Waals surface area (Å²) < 4.78 is 28.4. The van der Waals surface area contributed by atoms with Crippen LogP contribution in [0.3, 0.4) is 0 Å². The highest BCUT2D eigenvalue weighted by molar-refractivity contribution is 5.74. The van der Waals surface area contributed by atoms with Gasteiger partial charge in [-0.05, 0) is 83.5 Å². The Kier molecular flexibility index (Phi) is 47.8. The summed E-state index contributed by atoms with van der Waals surface area (Å²) in [5.41, 5.74) is 0. The maximum Gasteiger partial charge on any atom is 0.335 e. The fourth-order valence-corrected chi connectivity index (χ4v) is 9.13. The van der Waals surface area contributed by atoms with E-state index in [4.69, 9.17) is 23.7 Å². The summed E-state index contributed by atoms with van der Waals surface area (Å²) in [5.74, 6) is -3.13. The van der Waals surface area contributed by atoms with Crippen molar-refractivity contribution in [3.63, 3.8) is 0 Å². The van der Waals surface area contributed by atoms with E-state index in [-0.39, 0.29) is 25.9 Å². The molecule has 0 radical (unpaired) electrons. The number of aliphatic hydroxyl groups is 2. The third-order valence-corrected chi connectivity index (χ3v) is 13.9. The molecule has 0 aromatic carbocycles. The van der Waals surface area contributed by atoms with E-state index in [1.165, 1.54) is 109 Å². The van der Waals surface area contributed by atoms with Crippen molar-refractivity contribution in [1.82, 2.24) is 0 Å². The van der Waals surface area contributed by atoms with Gasteiger partial charge in [0.15, 0.2) is 24.6 Å². The molecule has 1 aliphatic heterocycles. The van der Waals surface area contributed by atoms with E-state index in [2.05, 4.69) is 69.4 Å². The minimum Gasteiger partial charge on any atom is -0.479 e. The van der Waals surface area contributed by atoms with Crippen molar-refractivity contribution in [2.75, 3.05) is 13.2 Å². The molecule has 434 valence electrons. The van der Waals surface area contributed by atoms with Crippen LogP contribution in [-0.4, -0.2) is 89.2 Å². The second kappa shape index (κ2) is 51.4. The van der Waals surface area contributed by atoms with Crippen LogP contribution in [0.2, 0.25) is 0 Å². The lowest BCUT2D eigenvalue weighted by atomic mass is 9.98. The molecule has 6 atom stereocenters. The number of aliphatic carboxylic acids is 1. The fraction of sp³-hybridized carbons (Fsp3) is 0.810. The van der Waals surface area contributed by atoms with Gasteiger partial charge in [0, 0.05) is 19.3 Å². The van der Waals surface area contributed by atoms with Gasteiger partial charge in [-0.2, -0.15) is 0 Å². The summed E-state index contributed by atoms with van der Waals surface area (Å²) in [6.07, 6.45) is 49.3. The standard InChI is InChI=1S/C63H110O12/c1-4-7-10-13-16-19-22-24-26-27-28-29-31-32-35-37-40-43-46-49-55(64)71-52-54(73-56(65)50-47-44-41-38-34-21-18-15-12-9-6-3)53-72-63-61(59(68)58(67)60(75-63)62(69)70)74-57(66)51-48-45-42-39-36-33-30-25-23-20-17-14-11-8-5-2/h16,19,24-26,28-30,54,58-61,63,67-68H,4-15,17-18,20-23,27,31-53H2,1-3H3,(H,69,70)/b19-16-,26-24-,29-28-,30-25-. The number of carbonyl (C=O) groups is 4. The molecule has 0 aliphatic carbocycles. The number of hydrogen-bond acceptors (Lipinski definition) is 11. The highest BCUT2D eigenvalue weighted by Gasteiger charge is 2.50. The first-order chi connectivity index (χ1) is 36.6. The fourth-order valence-electron chi connectivity index (χ4n) is 9.13. The number of carbonyl (C=O) groups excluding carboxylic acids is 3. The molecule has 75 heavy (non-hydrogen) atoms. The molecule has 0 aromatic heterocycles. The SMILES string of the molecule is CCCCC/C=C\C/C=C\C/C=C\CCCCCCCCC(=O)OCC(COC1OC(C(=O)O)C(O)C(O)C1OC(=O)CCCCCCC/C=C\CCCCCCCC)OC(=O)CCCCCCCCCCCCC. The van der Waals surface area contributed by atoms with Gasteiger partial charge in [-0.15, -0.1) is 0 Å². The Balaban J connectivity index is 2.66. The molecule has 3 N–H and O–H groups in total. The van der Waals surface area contributed by atoms with Crippen LogP contribution in [0.25, 0.3) is 0 Å². The van der Waals surface area contributed by atoms with Crippen molar-refractivity contribution in [1.29, 1.82) is 0 Å². The Labute approximate surface area is 456 Å². The van der Waals surface area contributed by atoms with E-state index >= 15 is 0 Å². The number of carboxylic acid groups (broad SMARTS) is 1. The van der Waals surface area contributed by atoms with Crippen LogP contribution in [0.1, 0.15) is 278 Å². The topological polar surface area (TPSA) is 175 Å². The summed E-state index contributed by atoms with van der Waals surface area (Å²) in [6, 6.07) is 0. The Bertz CT molecular complexity index is 1490. The summed E-state index contributed by atoms with van der Waals surface area (Å²) in [4.78, 5) is 51.1. The first-order valence-electron chi connectivity index (χ1n) is 30.6. The first kappa shape index (κ1) is 69.7. The van der Waals surface area contributed by atoms with E-state index in [1.807, 2.05) is 0 Å². The molecule has 1 fully saturated rings. The number of esters is 3. The molecule has 1 heterocycles. The maximum absolute atomic E-state index is 13.1. The van der Waals surface area contributed by atoms with Crippen molar-refractivity contribution in [2.45, 2.75) is 314 Å². The molecule has 0 aromatic rings. The van der Waals surface area contributed by atoms with Gasteiger partial charge in [0.05, 0.1) is 6.61 Å². The van der Waals surface area contributed by atoms with E-state index in [9.17, 15) is 34.5 Å². The zero-order valence-electron chi connectivity index (χ0n) is 47.8. The van der Waals surface area contributed by atoms with E-state index in [1.54, 1.807) is 0 Å². The highest BCUT2D eigenvalue weighted by atomic mass is 16.7. The monoisotopic (exact) mass is 1060 g/mol. The largest absolute Gasteiger partial charge is 0.479 e. The van der Waals surface area contributed by atoms with Crippen LogP contribution in [0.5, 0.6) is 0 Å². The van der Waals surface area contributed by atoms with E-state index in [0.29, 0.717) is 19.3 Å². The number of ether oxygens (including phenoxy) is 5. The zero-order valence-corrected chi connectivity index (χ0v) is 47.8. The lowest BCUT2D eigenvalue weighted by Crippen LogP contribution is -2.61. The van der Waals surface area contributed by atoms with Crippen LogP contribution in [0.4, 0.5) is 0 Å². The van der Waals surface area contributed by atoms with Gasteiger partial charge in [0.1, 0.15) is 18.8 Å². The number of aliphatic hydroxyl groups excluding tert-OH is 2. The molecular formula is C63H110O12. The Morgan fingerprint density at radius 2 is 0.800 bits per heavy atom. The quantitative estimate of drug-likeness (QED) is 0.0228. The average molecular weight is 1060 g/mol. The molecule has 1 aliphatic rings. The summed E-state index contributed by atoms with van der Waals surface area (Å²) >= 11 is 0. The van der Waals surface area contributed by atoms with Crippen molar-refractivity contribution in [3.8, 4) is 0 Å². The highest BCUT2D eigenvalue weighted by Crippen LogP contribution is 2.26. The Morgan fingerprint density at radius 3 is 1.25 bits per heavy atom. The number of allylic oxidation sites excluding steroid dienone is 8. The van der Waals surface area contributed by atoms with Crippen molar-refractivity contribution >= 4 is 23.9 Å². The number of unbranched alkanes of at least 4 members (excludes halogenated alkanes) is 30. The van der Waals surface area contributed by atoms with Crippen LogP contribution in [-0.2, 0) is 42.9 Å². The minimum atomic E-state index is -1.90. The molecule has 0 spiro atoms. The minimum absolute atomic E-state index is 0.0512. The van der Waals surface area contributed by atoms with Gasteiger partial charge in [0.25, 0.3) is 0 Å².